The number of phenols is 1. The number of anilines is 1. The first-order valence-electron chi connectivity index (χ1n) is 23.4. The number of nitrogens with one attached hydrogen (secondary N) is 1. The van der Waals surface area contributed by atoms with Gasteiger partial charge in [0.1, 0.15) is 28.9 Å². The van der Waals surface area contributed by atoms with Crippen molar-refractivity contribution < 1.29 is 49.4 Å². The minimum atomic E-state index is -3.02. The van der Waals surface area contributed by atoms with E-state index in [4.69, 9.17) is 10.5 Å². The Morgan fingerprint density at radius 2 is 1.71 bits per heavy atom. The number of benzene rings is 1. The van der Waals surface area contributed by atoms with Gasteiger partial charge in [-0.1, -0.05) is 78.5 Å². The number of carbonyl (C=O) groups excluding carboxylic acids is 4. The van der Waals surface area contributed by atoms with Crippen molar-refractivity contribution >= 4 is 35.0 Å². The van der Waals surface area contributed by atoms with E-state index in [9.17, 15) is 44.7 Å². The predicted octanol–water partition coefficient (Wildman–Crippen LogP) is 7.45. The molecule has 7 aliphatic rings. The molecule has 2 amide bonds. The molecule has 344 valence electrons. The van der Waals surface area contributed by atoms with E-state index in [0.717, 1.165) is 36.5 Å². The number of aliphatic hydroxyl groups excluding tert-OH is 3. The van der Waals surface area contributed by atoms with Crippen molar-refractivity contribution in [2.75, 3.05) is 19.4 Å². The number of primary amides is 1. The van der Waals surface area contributed by atoms with Crippen molar-refractivity contribution in [3.8, 4) is 5.75 Å². The van der Waals surface area contributed by atoms with Crippen LogP contribution in [0.2, 0.25) is 0 Å². The Balaban J connectivity index is 0.985. The van der Waals surface area contributed by atoms with Gasteiger partial charge in [0.05, 0.1) is 29.3 Å². The molecule has 13 heteroatoms. The molecule has 4 saturated carbocycles. The van der Waals surface area contributed by atoms with Crippen LogP contribution in [0.4, 0.5) is 10.5 Å². The first kappa shape index (κ1) is 45.4. The second-order valence-electron chi connectivity index (χ2n) is 21.7. The molecule has 1 aromatic rings. The highest BCUT2D eigenvalue weighted by Crippen LogP contribution is 2.67. The summed E-state index contributed by atoms with van der Waals surface area (Å²) in [6.45, 7) is 13.8. The molecule has 13 nitrogen and oxygen atoms in total. The van der Waals surface area contributed by atoms with Gasteiger partial charge < -0.3 is 36.0 Å². The summed E-state index contributed by atoms with van der Waals surface area (Å²) in [6.07, 6.45) is 12.1. The van der Waals surface area contributed by atoms with Crippen molar-refractivity contribution in [1.29, 1.82) is 0 Å². The standard InChI is InChI=1S/C50H69N3O10/c1-23(2)10-9-11-24(3)30-15-16-31-29-13-12-26-22-27(18-20-48(26,5)32(29)19-21-49(30,31)6)63-47(61)52-33-17-14-28-25(4)34-36(41(55)35(28)40(33)54)44(58)50(62)38(42(34)56)39(53(7)8)43(57)37(45(50)59)46(51)60/h12,14,17,23-25,27,29-32,34,38-39,42,54-56,59,62H,9-11,13,15-16,18-22H2,1-8H3,(H2,51,60)(H,52,61)/t24-,25-,27?,29?,30+,31?,32?,34+,38+,39?,42-,48-,49+,50-/m0/s1. The number of hydrogen-bond donors (Lipinski definition) is 7. The third-order valence-corrected chi connectivity index (χ3v) is 17.9. The summed E-state index contributed by atoms with van der Waals surface area (Å²) in [7, 11) is 2.92. The van der Waals surface area contributed by atoms with Gasteiger partial charge in [-0.3, -0.25) is 24.6 Å². The zero-order chi connectivity index (χ0) is 45.8. The number of aliphatic hydroxyl groups is 4. The van der Waals surface area contributed by atoms with Gasteiger partial charge >= 0.3 is 6.09 Å². The van der Waals surface area contributed by atoms with Crippen LogP contribution in [0.25, 0.3) is 5.76 Å². The molecule has 14 atom stereocenters. The van der Waals surface area contributed by atoms with Crippen molar-refractivity contribution in [1.82, 2.24) is 4.90 Å². The quantitative estimate of drug-likeness (QED) is 0.0734. The summed E-state index contributed by atoms with van der Waals surface area (Å²) < 4.78 is 6.01. The van der Waals surface area contributed by atoms with E-state index in [1.807, 2.05) is 0 Å². The smallest absolute Gasteiger partial charge is 0.412 e. The van der Waals surface area contributed by atoms with Gasteiger partial charge in [0.15, 0.2) is 11.4 Å². The Labute approximate surface area is 371 Å². The van der Waals surface area contributed by atoms with Crippen LogP contribution in [0.1, 0.15) is 129 Å². The second kappa shape index (κ2) is 16.0. The number of nitrogens with two attached hydrogens (primary N) is 1. The van der Waals surface area contributed by atoms with E-state index < -0.39 is 87.5 Å². The fourth-order valence-corrected chi connectivity index (χ4v) is 14.8. The highest BCUT2D eigenvalue weighted by molar-refractivity contribution is 6.24. The summed E-state index contributed by atoms with van der Waals surface area (Å²) in [5, 5.41) is 61.2. The number of Topliss-reactive ketones (excluding diaryl/α,β-unsaturated/α-hetero) is 2. The number of ether oxygens (including phenoxy) is 1. The van der Waals surface area contributed by atoms with Gasteiger partial charge in [-0.05, 0) is 123 Å². The van der Waals surface area contributed by atoms with Crippen LogP contribution in [0.15, 0.2) is 40.7 Å². The van der Waals surface area contributed by atoms with Gasteiger partial charge in [0.25, 0.3) is 5.91 Å². The third-order valence-electron chi connectivity index (χ3n) is 17.9. The number of rotatable bonds is 9. The van der Waals surface area contributed by atoms with Gasteiger partial charge in [-0.15, -0.1) is 0 Å². The number of fused-ring (bicyclic) bond motifs is 8. The molecule has 0 bridgehead atoms. The van der Waals surface area contributed by atoms with E-state index in [0.29, 0.717) is 35.7 Å². The molecular weight excluding hydrogens is 803 g/mol. The fourth-order valence-electron chi connectivity index (χ4n) is 14.8. The molecule has 0 spiro atoms. The van der Waals surface area contributed by atoms with Crippen molar-refractivity contribution in [2.24, 2.45) is 63.9 Å². The molecule has 8 rings (SSSR count). The minimum absolute atomic E-state index is 0.0592. The summed E-state index contributed by atoms with van der Waals surface area (Å²) in [4.78, 5) is 55.1. The highest BCUT2D eigenvalue weighted by atomic mass is 16.6. The lowest BCUT2D eigenvalue weighted by Gasteiger charge is -2.58. The van der Waals surface area contributed by atoms with Crippen molar-refractivity contribution in [3.63, 3.8) is 0 Å². The topological polar surface area (TPSA) is 220 Å². The van der Waals surface area contributed by atoms with Gasteiger partial charge in [-0.25, -0.2) is 4.79 Å². The molecule has 0 heterocycles. The molecule has 1 aromatic carbocycles. The second-order valence-corrected chi connectivity index (χ2v) is 21.7. The number of allylic oxidation sites excluding steroid dienone is 1. The van der Waals surface area contributed by atoms with Crippen LogP contribution in [0, 0.1) is 58.2 Å². The van der Waals surface area contributed by atoms with Crippen LogP contribution in [-0.4, -0.2) is 91.9 Å². The molecule has 7 aliphatic carbocycles. The first-order valence-corrected chi connectivity index (χ1v) is 23.4. The summed E-state index contributed by atoms with van der Waals surface area (Å²) in [5.74, 6) is -5.55. The molecular formula is C50H69N3O10. The number of carbonyl (C=O) groups is 4. The summed E-state index contributed by atoms with van der Waals surface area (Å²) in [6, 6.07) is 1.57. The van der Waals surface area contributed by atoms with E-state index in [2.05, 4.69) is 46.0 Å². The number of amides is 2. The molecule has 0 aliphatic heterocycles. The highest BCUT2D eigenvalue weighted by Gasteiger charge is 2.68. The van der Waals surface area contributed by atoms with Crippen LogP contribution in [0.5, 0.6) is 5.75 Å². The number of nitrogens with zero attached hydrogens (tertiary/aromatic N) is 1. The van der Waals surface area contributed by atoms with Gasteiger partial charge in [-0.2, -0.15) is 0 Å². The Morgan fingerprint density at radius 1 is 1.00 bits per heavy atom. The number of hydrogen-bond acceptors (Lipinski definition) is 11. The number of ketones is 2. The SMILES string of the molecule is CC(C)CCC[C@H](C)[C@H]1CCC2C3CC=C4CC(OC(=O)Nc5ccc6c(c5O)C(O)=C5C(=O)[C@]7(O)C(O)=C(C(N)=O)C(=O)C(N(C)C)[C@@H]7[C@@H](O)[C@@H]5[C@H]6C)CC[C@]4(C)C3CC[C@@]21C. The average molecular weight is 872 g/mol. The van der Waals surface area contributed by atoms with Crippen LogP contribution >= 0.6 is 0 Å². The van der Waals surface area contributed by atoms with Crippen molar-refractivity contribution in [3.05, 3.63) is 51.8 Å². The summed E-state index contributed by atoms with van der Waals surface area (Å²) in [5.41, 5.74) is 2.78. The molecule has 63 heavy (non-hydrogen) atoms. The fraction of sp³-hybridized carbons (Fsp3) is 0.680. The average Bonchev–Trinajstić information content (AvgIpc) is 3.57. The maximum absolute atomic E-state index is 14.4. The zero-order valence-electron chi connectivity index (χ0n) is 38.2. The first-order chi connectivity index (χ1) is 29.6. The van der Waals surface area contributed by atoms with Crippen molar-refractivity contribution in [2.45, 2.75) is 142 Å². The molecule has 8 N–H and O–H groups in total. The zero-order valence-corrected chi connectivity index (χ0v) is 38.2. The van der Waals surface area contributed by atoms with Crippen LogP contribution < -0.4 is 11.1 Å². The van der Waals surface area contributed by atoms with Crippen LogP contribution in [-0.2, 0) is 19.1 Å². The molecule has 0 radical (unpaired) electrons. The predicted molar refractivity (Wildman–Crippen MR) is 237 cm³/mol. The van der Waals surface area contributed by atoms with E-state index in [1.54, 1.807) is 13.0 Å². The molecule has 0 saturated heterocycles. The van der Waals surface area contributed by atoms with Crippen LogP contribution in [0.3, 0.4) is 0 Å². The largest absolute Gasteiger partial charge is 0.508 e. The number of aromatic hydroxyl groups is 1. The maximum Gasteiger partial charge on any atom is 0.412 e. The monoisotopic (exact) mass is 871 g/mol. The lowest BCUT2D eigenvalue weighted by atomic mass is 9.47. The van der Waals surface area contributed by atoms with E-state index >= 15 is 0 Å². The Kier molecular flexibility index (Phi) is 11.6. The normalized spacial score (nSPS) is 38.8. The molecule has 5 unspecified atom stereocenters. The Bertz CT molecular complexity index is 2190. The lowest BCUT2D eigenvalue weighted by Crippen LogP contribution is -2.70. The lowest BCUT2D eigenvalue weighted by molar-refractivity contribution is -0.169. The maximum atomic E-state index is 14.4. The number of likely N-dealkylation sites (N-methyl/N-ethyl adjacent to an activating group) is 1. The Hall–Kier alpha value is -4.20. The summed E-state index contributed by atoms with van der Waals surface area (Å²) >= 11 is 0. The third kappa shape index (κ3) is 6.79. The number of phenolic OH excluding ortho intramolecular Hbond substituents is 1. The minimum Gasteiger partial charge on any atom is -0.508 e. The Morgan fingerprint density at radius 3 is 2.38 bits per heavy atom. The molecule has 0 aromatic heterocycles. The van der Waals surface area contributed by atoms with Gasteiger partial charge in [0.2, 0.25) is 5.78 Å². The molecule has 4 fully saturated rings. The van der Waals surface area contributed by atoms with E-state index in [1.165, 1.54) is 75.6 Å². The van der Waals surface area contributed by atoms with Gasteiger partial charge in [0, 0.05) is 17.9 Å². The van der Waals surface area contributed by atoms with E-state index in [-0.39, 0.29) is 22.8 Å².